The minimum absolute atomic E-state index is 0.0908. The van der Waals surface area contributed by atoms with Gasteiger partial charge >= 0.3 is 0 Å². The lowest BCUT2D eigenvalue weighted by Crippen LogP contribution is -2.33. The van der Waals surface area contributed by atoms with E-state index in [9.17, 15) is 4.79 Å². The minimum Gasteiger partial charge on any atom is -0.337 e. The molecule has 6 nitrogen and oxygen atoms in total. The van der Waals surface area contributed by atoms with Gasteiger partial charge in [0.1, 0.15) is 5.01 Å². The van der Waals surface area contributed by atoms with Crippen LogP contribution in [0.3, 0.4) is 0 Å². The number of likely N-dealkylation sites (tertiary alicyclic amines) is 1. The van der Waals surface area contributed by atoms with Crippen molar-refractivity contribution in [1.82, 2.24) is 24.6 Å². The van der Waals surface area contributed by atoms with Crippen LogP contribution in [-0.4, -0.2) is 50.1 Å². The zero-order valence-corrected chi connectivity index (χ0v) is 20.6. The maximum atomic E-state index is 13.4. The molecule has 0 radical (unpaired) electrons. The Labute approximate surface area is 209 Å². The molecule has 2 aliphatic heterocycles. The van der Waals surface area contributed by atoms with Crippen molar-refractivity contribution >= 4 is 17.2 Å². The van der Waals surface area contributed by atoms with Crippen LogP contribution >= 0.6 is 11.3 Å². The van der Waals surface area contributed by atoms with Crippen molar-refractivity contribution in [2.24, 2.45) is 0 Å². The van der Waals surface area contributed by atoms with E-state index in [-0.39, 0.29) is 5.91 Å². The van der Waals surface area contributed by atoms with Gasteiger partial charge in [0, 0.05) is 54.8 Å². The Kier molecular flexibility index (Phi) is 6.19. The zero-order chi connectivity index (χ0) is 23.6. The molecule has 1 saturated heterocycles. The van der Waals surface area contributed by atoms with E-state index in [0.29, 0.717) is 12.2 Å². The normalized spacial score (nSPS) is 15.9. The zero-order valence-electron chi connectivity index (χ0n) is 19.8. The molecule has 0 atom stereocenters. The molecular formula is C28H29N5OS. The number of thiazole rings is 1. The smallest absolute Gasteiger partial charge is 0.274 e. The molecule has 0 N–H and O–H groups in total. The van der Waals surface area contributed by atoms with Crippen LogP contribution < -0.4 is 0 Å². The fourth-order valence-electron chi connectivity index (χ4n) is 5.13. The van der Waals surface area contributed by atoms with Gasteiger partial charge in [0.15, 0.2) is 5.69 Å². The number of nitrogens with zero attached hydrogens (tertiary/aromatic N) is 5. The topological polar surface area (TPSA) is 54.3 Å². The van der Waals surface area contributed by atoms with E-state index in [1.165, 1.54) is 11.3 Å². The second-order valence-electron chi connectivity index (χ2n) is 9.37. The lowest BCUT2D eigenvalue weighted by molar-refractivity contribution is 0.0783. The first-order chi connectivity index (χ1) is 17.2. The molecule has 4 heterocycles. The van der Waals surface area contributed by atoms with Gasteiger partial charge in [0.25, 0.3) is 5.91 Å². The molecule has 0 bridgehead atoms. The second-order valence-corrected chi connectivity index (χ2v) is 10.3. The number of benzene rings is 2. The number of hydrogen-bond donors (Lipinski definition) is 0. The Morgan fingerprint density at radius 1 is 0.914 bits per heavy atom. The van der Waals surface area contributed by atoms with Crippen molar-refractivity contribution in [3.05, 3.63) is 93.6 Å². The molecule has 35 heavy (non-hydrogen) atoms. The van der Waals surface area contributed by atoms with Crippen LogP contribution in [0.5, 0.6) is 0 Å². The van der Waals surface area contributed by atoms with Crippen LogP contribution in [-0.2, 0) is 26.1 Å². The van der Waals surface area contributed by atoms with E-state index in [1.807, 2.05) is 29.2 Å². The van der Waals surface area contributed by atoms with Gasteiger partial charge in [0.05, 0.1) is 18.8 Å². The van der Waals surface area contributed by atoms with Gasteiger partial charge < -0.3 is 4.90 Å². The fourth-order valence-corrected chi connectivity index (χ4v) is 5.97. The maximum absolute atomic E-state index is 13.4. The summed E-state index contributed by atoms with van der Waals surface area (Å²) in [6.07, 6.45) is 3.05. The number of carbonyl (C=O) groups excluding carboxylic acids is 1. The first-order valence-electron chi connectivity index (χ1n) is 12.4. The lowest BCUT2D eigenvalue weighted by atomic mass is 10.0. The van der Waals surface area contributed by atoms with E-state index in [0.717, 1.165) is 73.8 Å². The van der Waals surface area contributed by atoms with E-state index in [4.69, 9.17) is 10.1 Å². The molecule has 2 aromatic heterocycles. The molecule has 178 valence electrons. The summed E-state index contributed by atoms with van der Waals surface area (Å²) >= 11 is 1.71. The largest absolute Gasteiger partial charge is 0.337 e. The molecule has 4 aromatic rings. The van der Waals surface area contributed by atoms with E-state index < -0.39 is 0 Å². The molecule has 0 saturated carbocycles. The average molecular weight is 484 g/mol. The van der Waals surface area contributed by atoms with Gasteiger partial charge in [-0.1, -0.05) is 60.7 Å². The van der Waals surface area contributed by atoms with Gasteiger partial charge in [-0.15, -0.1) is 11.3 Å². The minimum atomic E-state index is 0.0908. The molecule has 7 heteroatoms. The summed E-state index contributed by atoms with van der Waals surface area (Å²) in [5.74, 6) is 0.0908. The second kappa shape index (κ2) is 9.76. The number of aromatic nitrogens is 3. The quantitative estimate of drug-likeness (QED) is 0.393. The molecular weight excluding hydrogens is 454 g/mol. The lowest BCUT2D eigenvalue weighted by Gasteiger charge is -2.27. The Bertz CT molecular complexity index is 1310. The summed E-state index contributed by atoms with van der Waals surface area (Å²) < 4.78 is 2.07. The third kappa shape index (κ3) is 4.66. The number of carbonyl (C=O) groups is 1. The van der Waals surface area contributed by atoms with Crippen LogP contribution in [0.2, 0.25) is 0 Å². The first-order valence-corrected chi connectivity index (χ1v) is 13.3. The molecule has 1 amide bonds. The van der Waals surface area contributed by atoms with Crippen LogP contribution in [0.4, 0.5) is 0 Å². The molecule has 6 rings (SSSR count). The monoisotopic (exact) mass is 483 g/mol. The van der Waals surface area contributed by atoms with Crippen LogP contribution in [0, 0.1) is 0 Å². The molecule has 0 unspecified atom stereocenters. The molecule has 1 fully saturated rings. The van der Waals surface area contributed by atoms with Crippen LogP contribution in [0.25, 0.3) is 11.3 Å². The summed E-state index contributed by atoms with van der Waals surface area (Å²) in [5.41, 5.74) is 6.34. The van der Waals surface area contributed by atoms with Crippen molar-refractivity contribution < 1.29 is 4.79 Å². The van der Waals surface area contributed by atoms with Gasteiger partial charge in [-0.25, -0.2) is 4.98 Å². The first kappa shape index (κ1) is 22.2. The van der Waals surface area contributed by atoms with Gasteiger partial charge in [-0.2, -0.15) is 5.10 Å². The van der Waals surface area contributed by atoms with Gasteiger partial charge in [0.2, 0.25) is 0 Å². The highest BCUT2D eigenvalue weighted by molar-refractivity contribution is 7.09. The Hall–Kier alpha value is -3.29. The van der Waals surface area contributed by atoms with Gasteiger partial charge in [-0.3, -0.25) is 14.4 Å². The predicted octanol–water partition coefficient (Wildman–Crippen LogP) is 4.85. The molecule has 0 aliphatic carbocycles. The van der Waals surface area contributed by atoms with Crippen LogP contribution in [0.15, 0.2) is 66.0 Å². The SMILES string of the molecule is O=C(c1nn(Cc2ccccc2)c2c1CN(Cc1nc(-c3ccccc3)cs1)CC2)N1CCCC1. The summed E-state index contributed by atoms with van der Waals surface area (Å²) in [4.78, 5) is 22.7. The highest BCUT2D eigenvalue weighted by Gasteiger charge is 2.31. The molecule has 2 aliphatic rings. The maximum Gasteiger partial charge on any atom is 0.274 e. The molecule has 0 spiro atoms. The number of fused-ring (bicyclic) bond motifs is 1. The Morgan fingerprint density at radius 2 is 1.66 bits per heavy atom. The third-order valence-electron chi connectivity index (χ3n) is 6.96. The average Bonchev–Trinajstić information content (AvgIpc) is 3.66. The number of rotatable bonds is 6. The summed E-state index contributed by atoms with van der Waals surface area (Å²) in [6.45, 7) is 4.83. The Balaban J connectivity index is 1.25. The van der Waals surface area contributed by atoms with Gasteiger partial charge in [-0.05, 0) is 18.4 Å². The van der Waals surface area contributed by atoms with Crippen molar-refractivity contribution in [2.75, 3.05) is 19.6 Å². The van der Waals surface area contributed by atoms with Crippen molar-refractivity contribution in [1.29, 1.82) is 0 Å². The van der Waals surface area contributed by atoms with Crippen molar-refractivity contribution in [3.8, 4) is 11.3 Å². The van der Waals surface area contributed by atoms with E-state index in [2.05, 4.69) is 51.4 Å². The van der Waals surface area contributed by atoms with Crippen LogP contribution in [0.1, 0.15) is 45.2 Å². The standard InChI is InChI=1S/C28H29N5OS/c34-28(32-14-7-8-15-32)27-23-18-31(19-26-29-24(20-35-26)22-11-5-2-6-12-22)16-13-25(23)33(30-27)17-21-9-3-1-4-10-21/h1-6,9-12,20H,7-8,13-19H2. The highest BCUT2D eigenvalue weighted by atomic mass is 32.1. The highest BCUT2D eigenvalue weighted by Crippen LogP contribution is 2.28. The predicted molar refractivity (Wildman–Crippen MR) is 138 cm³/mol. The third-order valence-corrected chi connectivity index (χ3v) is 7.80. The summed E-state index contributed by atoms with van der Waals surface area (Å²) in [5, 5.41) is 8.15. The Morgan fingerprint density at radius 3 is 2.43 bits per heavy atom. The van der Waals surface area contributed by atoms with E-state index in [1.54, 1.807) is 11.3 Å². The van der Waals surface area contributed by atoms with E-state index >= 15 is 0 Å². The number of amides is 1. The van der Waals surface area contributed by atoms with Crippen molar-refractivity contribution in [3.63, 3.8) is 0 Å². The number of hydrogen-bond acceptors (Lipinski definition) is 5. The van der Waals surface area contributed by atoms with Crippen molar-refractivity contribution in [2.45, 2.75) is 38.9 Å². The fraction of sp³-hybridized carbons (Fsp3) is 0.321. The molecule has 2 aromatic carbocycles. The summed E-state index contributed by atoms with van der Waals surface area (Å²) in [7, 11) is 0. The summed E-state index contributed by atoms with van der Waals surface area (Å²) in [6, 6.07) is 20.7.